The summed E-state index contributed by atoms with van der Waals surface area (Å²) in [5.41, 5.74) is 0. The van der Waals surface area contributed by atoms with Crippen molar-refractivity contribution < 1.29 is 9.84 Å². The van der Waals surface area contributed by atoms with Crippen LogP contribution in [0.25, 0.3) is 0 Å². The minimum absolute atomic E-state index is 0.211. The lowest BCUT2D eigenvalue weighted by atomic mass is 9.93. The quantitative estimate of drug-likeness (QED) is 0.730. The summed E-state index contributed by atoms with van der Waals surface area (Å²) in [5, 5.41) is 13.6. The first-order valence-electron chi connectivity index (χ1n) is 6.64. The zero-order valence-corrected chi connectivity index (χ0v) is 10.9. The summed E-state index contributed by atoms with van der Waals surface area (Å²) in [5.74, 6) is 1.05. The van der Waals surface area contributed by atoms with E-state index in [1.54, 1.807) is 0 Å². The Bertz CT molecular complexity index is 179. The molecule has 0 aliphatic carbocycles. The van der Waals surface area contributed by atoms with E-state index in [0.717, 1.165) is 39.0 Å². The number of aliphatic hydroxyl groups is 1. The second-order valence-electron chi connectivity index (χ2n) is 5.18. The minimum atomic E-state index is -0.211. The maximum Gasteiger partial charge on any atom is 0.0694 e. The molecule has 1 aliphatic rings. The first-order valence-corrected chi connectivity index (χ1v) is 6.64. The first-order chi connectivity index (χ1) is 7.65. The van der Waals surface area contributed by atoms with Crippen molar-refractivity contribution in [2.24, 2.45) is 11.8 Å². The van der Waals surface area contributed by atoms with Crippen molar-refractivity contribution in [3.8, 4) is 0 Å². The Morgan fingerprint density at radius 2 is 1.94 bits per heavy atom. The van der Waals surface area contributed by atoms with E-state index >= 15 is 0 Å². The second-order valence-corrected chi connectivity index (χ2v) is 5.18. The summed E-state index contributed by atoms with van der Waals surface area (Å²) in [6.07, 6.45) is 2.91. The van der Waals surface area contributed by atoms with Crippen molar-refractivity contribution >= 4 is 0 Å². The Hall–Kier alpha value is -0.120. The van der Waals surface area contributed by atoms with Crippen LogP contribution in [0.5, 0.6) is 0 Å². The Morgan fingerprint density at radius 1 is 1.31 bits per heavy atom. The molecule has 2 N–H and O–H groups in total. The molecule has 0 spiro atoms. The monoisotopic (exact) mass is 229 g/mol. The third-order valence-corrected chi connectivity index (χ3v) is 3.64. The summed E-state index contributed by atoms with van der Waals surface area (Å²) >= 11 is 0. The lowest BCUT2D eigenvalue weighted by Crippen LogP contribution is -2.42. The van der Waals surface area contributed by atoms with Gasteiger partial charge in [0.15, 0.2) is 0 Å². The molecule has 0 aromatic heterocycles. The van der Waals surface area contributed by atoms with Crippen LogP contribution in [0.2, 0.25) is 0 Å². The summed E-state index contributed by atoms with van der Waals surface area (Å²) in [6.45, 7) is 8.98. The van der Waals surface area contributed by atoms with Crippen molar-refractivity contribution in [2.75, 3.05) is 19.8 Å². The van der Waals surface area contributed by atoms with Gasteiger partial charge in [0.05, 0.1) is 6.10 Å². The van der Waals surface area contributed by atoms with E-state index in [2.05, 4.69) is 26.1 Å². The summed E-state index contributed by atoms with van der Waals surface area (Å²) in [6, 6.07) is 0.523. The Balaban J connectivity index is 2.24. The van der Waals surface area contributed by atoms with Crippen LogP contribution in [0.4, 0.5) is 0 Å². The molecule has 2 unspecified atom stereocenters. The van der Waals surface area contributed by atoms with Crippen LogP contribution in [0.15, 0.2) is 0 Å². The number of ether oxygens (including phenoxy) is 1. The topological polar surface area (TPSA) is 41.5 Å². The largest absolute Gasteiger partial charge is 0.392 e. The Kier molecular flexibility index (Phi) is 6.32. The fraction of sp³-hybridized carbons (Fsp3) is 1.00. The van der Waals surface area contributed by atoms with Gasteiger partial charge in [0.25, 0.3) is 0 Å². The molecule has 1 heterocycles. The van der Waals surface area contributed by atoms with Crippen LogP contribution in [0, 0.1) is 11.8 Å². The zero-order chi connectivity index (χ0) is 12.0. The number of nitrogens with one attached hydrogen (secondary N) is 1. The lowest BCUT2D eigenvalue weighted by molar-refractivity contribution is 0.00707. The molecule has 1 aliphatic heterocycles. The van der Waals surface area contributed by atoms with Gasteiger partial charge in [-0.2, -0.15) is 0 Å². The molecule has 0 aromatic rings. The van der Waals surface area contributed by atoms with Gasteiger partial charge in [-0.05, 0) is 31.1 Å². The molecule has 1 rings (SSSR count). The molecule has 1 fully saturated rings. The molecule has 0 amide bonds. The van der Waals surface area contributed by atoms with Crippen molar-refractivity contribution in [1.82, 2.24) is 5.32 Å². The predicted molar refractivity (Wildman–Crippen MR) is 66.5 cm³/mol. The van der Waals surface area contributed by atoms with E-state index in [9.17, 15) is 5.11 Å². The normalized spacial score (nSPS) is 22.3. The van der Waals surface area contributed by atoms with Gasteiger partial charge >= 0.3 is 0 Å². The Labute approximate surface area is 99.6 Å². The molecule has 3 nitrogen and oxygen atoms in total. The third kappa shape index (κ3) is 4.40. The van der Waals surface area contributed by atoms with Gasteiger partial charge in [-0.15, -0.1) is 0 Å². The van der Waals surface area contributed by atoms with Crippen LogP contribution in [0.3, 0.4) is 0 Å². The average Bonchev–Trinajstić information content (AvgIpc) is 2.30. The van der Waals surface area contributed by atoms with Crippen molar-refractivity contribution in [2.45, 2.75) is 52.2 Å². The molecule has 0 saturated carbocycles. The highest BCUT2D eigenvalue weighted by Gasteiger charge is 2.22. The maximum absolute atomic E-state index is 10.1. The molecule has 0 aromatic carbocycles. The zero-order valence-electron chi connectivity index (χ0n) is 10.9. The number of hydrogen-bond acceptors (Lipinski definition) is 3. The SMILES string of the molecule is CCC(NCC(O)C1CCOCC1)C(C)C. The molecule has 2 atom stereocenters. The van der Waals surface area contributed by atoms with Crippen molar-refractivity contribution in [3.63, 3.8) is 0 Å². The van der Waals surface area contributed by atoms with E-state index in [1.807, 2.05) is 0 Å². The summed E-state index contributed by atoms with van der Waals surface area (Å²) < 4.78 is 5.30. The van der Waals surface area contributed by atoms with Gasteiger partial charge in [-0.25, -0.2) is 0 Å². The number of hydrogen-bond donors (Lipinski definition) is 2. The smallest absolute Gasteiger partial charge is 0.0694 e. The highest BCUT2D eigenvalue weighted by Crippen LogP contribution is 2.18. The number of rotatable bonds is 6. The van der Waals surface area contributed by atoms with Crippen LogP contribution in [0.1, 0.15) is 40.0 Å². The van der Waals surface area contributed by atoms with E-state index < -0.39 is 0 Å². The highest BCUT2D eigenvalue weighted by atomic mass is 16.5. The van der Waals surface area contributed by atoms with E-state index in [-0.39, 0.29) is 6.10 Å². The number of aliphatic hydroxyl groups excluding tert-OH is 1. The van der Waals surface area contributed by atoms with E-state index in [0.29, 0.717) is 17.9 Å². The van der Waals surface area contributed by atoms with Crippen LogP contribution in [-0.2, 0) is 4.74 Å². The molecule has 96 valence electrons. The fourth-order valence-corrected chi connectivity index (χ4v) is 2.39. The first kappa shape index (κ1) is 13.9. The van der Waals surface area contributed by atoms with E-state index in [1.165, 1.54) is 0 Å². The van der Waals surface area contributed by atoms with Gasteiger partial charge in [0.1, 0.15) is 0 Å². The van der Waals surface area contributed by atoms with Crippen molar-refractivity contribution in [1.29, 1.82) is 0 Å². The highest BCUT2D eigenvalue weighted by molar-refractivity contribution is 4.77. The molecule has 1 saturated heterocycles. The van der Waals surface area contributed by atoms with E-state index in [4.69, 9.17) is 4.74 Å². The molecule has 0 bridgehead atoms. The van der Waals surface area contributed by atoms with Crippen LogP contribution in [-0.4, -0.2) is 37.0 Å². The van der Waals surface area contributed by atoms with Crippen LogP contribution < -0.4 is 5.32 Å². The van der Waals surface area contributed by atoms with Gasteiger partial charge in [0.2, 0.25) is 0 Å². The maximum atomic E-state index is 10.1. The average molecular weight is 229 g/mol. The summed E-state index contributed by atoms with van der Waals surface area (Å²) in [4.78, 5) is 0. The standard InChI is InChI=1S/C13H27NO2/c1-4-12(10(2)3)14-9-13(15)11-5-7-16-8-6-11/h10-15H,4-9H2,1-3H3. The van der Waals surface area contributed by atoms with Crippen LogP contribution >= 0.6 is 0 Å². The lowest BCUT2D eigenvalue weighted by Gasteiger charge is -2.29. The molecule has 16 heavy (non-hydrogen) atoms. The molecular formula is C13H27NO2. The van der Waals surface area contributed by atoms with Gasteiger partial charge < -0.3 is 15.2 Å². The second kappa shape index (κ2) is 7.25. The van der Waals surface area contributed by atoms with Crippen molar-refractivity contribution in [3.05, 3.63) is 0 Å². The van der Waals surface area contributed by atoms with Gasteiger partial charge in [-0.1, -0.05) is 20.8 Å². The third-order valence-electron chi connectivity index (χ3n) is 3.64. The van der Waals surface area contributed by atoms with Gasteiger partial charge in [-0.3, -0.25) is 0 Å². The predicted octanol–water partition coefficient (Wildman–Crippen LogP) is 1.80. The molecule has 3 heteroatoms. The van der Waals surface area contributed by atoms with Gasteiger partial charge in [0, 0.05) is 25.8 Å². The summed E-state index contributed by atoms with van der Waals surface area (Å²) in [7, 11) is 0. The minimum Gasteiger partial charge on any atom is -0.392 e. The fourth-order valence-electron chi connectivity index (χ4n) is 2.39. The Morgan fingerprint density at radius 3 is 2.44 bits per heavy atom. The molecule has 0 radical (unpaired) electrons. The molecular weight excluding hydrogens is 202 g/mol.